The summed E-state index contributed by atoms with van der Waals surface area (Å²) in [7, 11) is 0. The fourth-order valence-corrected chi connectivity index (χ4v) is 3.28. The van der Waals surface area contributed by atoms with Gasteiger partial charge in [0.15, 0.2) is 0 Å². The predicted molar refractivity (Wildman–Crippen MR) is 94.0 cm³/mol. The van der Waals surface area contributed by atoms with Gasteiger partial charge in [-0.05, 0) is 55.3 Å². The summed E-state index contributed by atoms with van der Waals surface area (Å²) in [5, 5.41) is 8.15. The number of rotatable bonds is 3. The van der Waals surface area contributed by atoms with E-state index in [0.29, 0.717) is 36.0 Å². The molecule has 1 aliphatic rings. The minimum absolute atomic E-state index is 0.0852. The highest BCUT2D eigenvalue weighted by atomic mass is 19.1. The fraction of sp³-hybridized carbons (Fsp3) is 0.250. The number of hydrogen-bond donors (Lipinski definition) is 0. The third-order valence-corrected chi connectivity index (χ3v) is 4.66. The molecule has 1 unspecified atom stereocenters. The Kier molecular flexibility index (Phi) is 4.66. The van der Waals surface area contributed by atoms with Crippen molar-refractivity contribution in [3.8, 4) is 11.5 Å². The Hall–Kier alpha value is -3.09. The van der Waals surface area contributed by atoms with Crippen LogP contribution in [-0.2, 0) is 0 Å². The molecule has 7 heteroatoms. The summed E-state index contributed by atoms with van der Waals surface area (Å²) in [5.74, 6) is -0.299. The Morgan fingerprint density at radius 3 is 2.67 bits per heavy atom. The number of hydrogen-bond acceptors (Lipinski definition) is 4. The number of nitrogens with zero attached hydrogens (tertiary/aromatic N) is 3. The van der Waals surface area contributed by atoms with Gasteiger partial charge in [-0.3, -0.25) is 4.79 Å². The van der Waals surface area contributed by atoms with Gasteiger partial charge in [-0.15, -0.1) is 10.2 Å². The third-order valence-electron chi connectivity index (χ3n) is 4.66. The minimum atomic E-state index is -0.435. The SMILES string of the molecule is O=C(c1cccc(F)c1)N1CCCC(c2nnc(-c3ccc(F)cc3)o2)C1. The van der Waals surface area contributed by atoms with E-state index >= 15 is 0 Å². The maximum Gasteiger partial charge on any atom is 0.253 e. The molecule has 1 atom stereocenters. The highest BCUT2D eigenvalue weighted by molar-refractivity contribution is 5.94. The topological polar surface area (TPSA) is 59.2 Å². The van der Waals surface area contributed by atoms with Crippen molar-refractivity contribution in [2.75, 3.05) is 13.1 Å². The van der Waals surface area contributed by atoms with E-state index in [1.807, 2.05) is 0 Å². The first kappa shape index (κ1) is 17.3. The van der Waals surface area contributed by atoms with Gasteiger partial charge < -0.3 is 9.32 Å². The summed E-state index contributed by atoms with van der Waals surface area (Å²) in [4.78, 5) is 14.3. The van der Waals surface area contributed by atoms with E-state index in [1.54, 1.807) is 23.1 Å². The van der Waals surface area contributed by atoms with Crippen molar-refractivity contribution in [3.05, 3.63) is 71.6 Å². The van der Waals surface area contributed by atoms with Gasteiger partial charge in [-0.2, -0.15) is 0 Å². The van der Waals surface area contributed by atoms with E-state index in [0.717, 1.165) is 12.8 Å². The van der Waals surface area contributed by atoms with Gasteiger partial charge in [-0.25, -0.2) is 8.78 Å². The molecule has 1 fully saturated rings. The molecule has 0 radical (unpaired) electrons. The highest BCUT2D eigenvalue weighted by Gasteiger charge is 2.29. The minimum Gasteiger partial charge on any atom is -0.420 e. The van der Waals surface area contributed by atoms with Crippen molar-refractivity contribution in [1.82, 2.24) is 15.1 Å². The van der Waals surface area contributed by atoms with Crippen LogP contribution in [0.5, 0.6) is 0 Å². The van der Waals surface area contributed by atoms with Crippen LogP contribution in [0.25, 0.3) is 11.5 Å². The van der Waals surface area contributed by atoms with Crippen LogP contribution in [0.2, 0.25) is 0 Å². The lowest BCUT2D eigenvalue weighted by molar-refractivity contribution is 0.0698. The van der Waals surface area contributed by atoms with E-state index in [-0.39, 0.29) is 17.6 Å². The number of carbonyl (C=O) groups excluding carboxylic acids is 1. The van der Waals surface area contributed by atoms with Gasteiger partial charge in [0, 0.05) is 24.2 Å². The molecule has 1 amide bonds. The summed E-state index contributed by atoms with van der Waals surface area (Å²) in [5.41, 5.74) is 0.965. The Morgan fingerprint density at radius 1 is 1.07 bits per heavy atom. The Bertz CT molecular complexity index is 956. The van der Waals surface area contributed by atoms with Crippen molar-refractivity contribution >= 4 is 5.91 Å². The molecule has 0 N–H and O–H groups in total. The molecule has 3 aromatic rings. The summed E-state index contributed by atoms with van der Waals surface area (Å²) < 4.78 is 32.2. The second-order valence-electron chi connectivity index (χ2n) is 6.55. The van der Waals surface area contributed by atoms with E-state index in [1.165, 1.54) is 30.3 Å². The molecule has 0 saturated carbocycles. The van der Waals surface area contributed by atoms with Crippen LogP contribution in [0, 0.1) is 11.6 Å². The zero-order valence-electron chi connectivity index (χ0n) is 14.4. The molecule has 0 aliphatic carbocycles. The number of halogens is 2. The number of aromatic nitrogens is 2. The van der Waals surface area contributed by atoms with Crippen LogP contribution >= 0.6 is 0 Å². The van der Waals surface area contributed by atoms with Gasteiger partial charge in [0.1, 0.15) is 11.6 Å². The lowest BCUT2D eigenvalue weighted by atomic mass is 9.97. The van der Waals surface area contributed by atoms with Gasteiger partial charge in [0.2, 0.25) is 11.8 Å². The molecule has 138 valence electrons. The van der Waals surface area contributed by atoms with Crippen LogP contribution < -0.4 is 0 Å². The van der Waals surface area contributed by atoms with Crippen molar-refractivity contribution < 1.29 is 18.0 Å². The average Bonchev–Trinajstić information content (AvgIpc) is 3.18. The first-order chi connectivity index (χ1) is 13.1. The van der Waals surface area contributed by atoms with Crippen molar-refractivity contribution in [3.63, 3.8) is 0 Å². The number of amides is 1. The molecule has 1 aromatic heterocycles. The van der Waals surface area contributed by atoms with Gasteiger partial charge >= 0.3 is 0 Å². The lowest BCUT2D eigenvalue weighted by Gasteiger charge is -2.31. The van der Waals surface area contributed by atoms with Gasteiger partial charge in [0.25, 0.3) is 5.91 Å². The lowest BCUT2D eigenvalue weighted by Crippen LogP contribution is -2.39. The molecule has 0 bridgehead atoms. The van der Waals surface area contributed by atoms with Crippen LogP contribution in [0.4, 0.5) is 8.78 Å². The van der Waals surface area contributed by atoms with Crippen LogP contribution in [0.3, 0.4) is 0 Å². The van der Waals surface area contributed by atoms with E-state index in [9.17, 15) is 13.6 Å². The summed E-state index contributed by atoms with van der Waals surface area (Å²) in [6, 6.07) is 11.5. The monoisotopic (exact) mass is 369 g/mol. The highest BCUT2D eigenvalue weighted by Crippen LogP contribution is 2.29. The number of likely N-dealkylation sites (tertiary alicyclic amines) is 1. The largest absolute Gasteiger partial charge is 0.420 e. The van der Waals surface area contributed by atoms with E-state index in [2.05, 4.69) is 10.2 Å². The molecule has 4 rings (SSSR count). The molecule has 2 heterocycles. The van der Waals surface area contributed by atoms with Crippen LogP contribution in [0.15, 0.2) is 52.9 Å². The van der Waals surface area contributed by atoms with Crippen molar-refractivity contribution in [2.45, 2.75) is 18.8 Å². The molecule has 2 aromatic carbocycles. The smallest absolute Gasteiger partial charge is 0.253 e. The second-order valence-corrected chi connectivity index (χ2v) is 6.55. The predicted octanol–water partition coefficient (Wildman–Crippen LogP) is 4.03. The number of carbonyl (C=O) groups is 1. The number of piperidine rings is 1. The Morgan fingerprint density at radius 2 is 1.89 bits per heavy atom. The van der Waals surface area contributed by atoms with E-state index < -0.39 is 5.82 Å². The summed E-state index contributed by atoms with van der Waals surface area (Å²) in [6.45, 7) is 1.03. The molecule has 1 saturated heterocycles. The normalized spacial score (nSPS) is 17.1. The quantitative estimate of drug-likeness (QED) is 0.699. The molecule has 5 nitrogen and oxygen atoms in total. The first-order valence-corrected chi connectivity index (χ1v) is 8.74. The summed E-state index contributed by atoms with van der Waals surface area (Å²) in [6.07, 6.45) is 1.61. The number of benzene rings is 2. The van der Waals surface area contributed by atoms with E-state index in [4.69, 9.17) is 4.42 Å². The maximum absolute atomic E-state index is 13.4. The molecule has 0 spiro atoms. The van der Waals surface area contributed by atoms with Gasteiger partial charge in [-0.1, -0.05) is 6.07 Å². The molecule has 27 heavy (non-hydrogen) atoms. The van der Waals surface area contributed by atoms with Crippen LogP contribution in [-0.4, -0.2) is 34.1 Å². The fourth-order valence-electron chi connectivity index (χ4n) is 3.28. The first-order valence-electron chi connectivity index (χ1n) is 8.74. The van der Waals surface area contributed by atoms with Gasteiger partial charge in [0.05, 0.1) is 5.92 Å². The Labute approximate surface area is 154 Å². The average molecular weight is 369 g/mol. The zero-order chi connectivity index (χ0) is 18.8. The van der Waals surface area contributed by atoms with Crippen LogP contribution in [0.1, 0.15) is 35.0 Å². The second kappa shape index (κ2) is 7.26. The summed E-state index contributed by atoms with van der Waals surface area (Å²) >= 11 is 0. The standard InChI is InChI=1S/C20H17F2N3O2/c21-16-8-6-13(7-9-16)18-23-24-19(27-18)15-4-2-10-25(12-15)20(26)14-3-1-5-17(22)11-14/h1,3,5-9,11,15H,2,4,10,12H2. The molecule has 1 aliphatic heterocycles. The zero-order valence-corrected chi connectivity index (χ0v) is 14.4. The third kappa shape index (κ3) is 3.72. The molecular weight excluding hydrogens is 352 g/mol. The molecular formula is C20H17F2N3O2. The Balaban J connectivity index is 1.50. The van der Waals surface area contributed by atoms with Crippen molar-refractivity contribution in [1.29, 1.82) is 0 Å². The van der Waals surface area contributed by atoms with Crippen molar-refractivity contribution in [2.24, 2.45) is 0 Å². The maximum atomic E-state index is 13.4.